The van der Waals surface area contributed by atoms with Crippen molar-refractivity contribution in [3.8, 4) is 6.07 Å². The van der Waals surface area contributed by atoms with E-state index in [0.717, 1.165) is 6.07 Å². The summed E-state index contributed by atoms with van der Waals surface area (Å²) in [4.78, 5) is 32.7. The van der Waals surface area contributed by atoms with Crippen LogP contribution in [-0.2, 0) is 19.7 Å². The summed E-state index contributed by atoms with van der Waals surface area (Å²) >= 11 is 12.4. The Morgan fingerprint density at radius 3 is 2.36 bits per heavy atom. The fourth-order valence-electron chi connectivity index (χ4n) is 6.97. The van der Waals surface area contributed by atoms with Gasteiger partial charge in [0.05, 0.1) is 36.9 Å². The zero-order valence-corrected chi connectivity index (χ0v) is 27.3. The lowest BCUT2D eigenvalue weighted by Gasteiger charge is -2.39. The zero-order chi connectivity index (χ0) is 32.5. The molecule has 8 nitrogen and oxygen atoms in total. The molecule has 3 saturated heterocycles. The second kappa shape index (κ2) is 13.5. The maximum absolute atomic E-state index is 15.9. The number of hydrogen-bond acceptors (Lipinski definition) is 6. The summed E-state index contributed by atoms with van der Waals surface area (Å²) in [7, 11) is 0. The summed E-state index contributed by atoms with van der Waals surface area (Å²) in [5, 5.41) is 14.4. The molecule has 4 atom stereocenters. The van der Waals surface area contributed by atoms with Gasteiger partial charge in [-0.2, -0.15) is 5.26 Å². The summed E-state index contributed by atoms with van der Waals surface area (Å²) in [6.45, 7) is 10.1. The Morgan fingerprint density at radius 2 is 1.73 bits per heavy atom. The number of halogens is 4. The lowest BCUT2D eigenvalue weighted by atomic mass is 9.62. The third-order valence-corrected chi connectivity index (χ3v) is 9.65. The maximum atomic E-state index is 15.9. The molecule has 2 aromatic carbocycles. The molecule has 12 heteroatoms. The molecule has 3 aliphatic rings. The van der Waals surface area contributed by atoms with Crippen molar-refractivity contribution in [2.75, 3.05) is 59.0 Å². The van der Waals surface area contributed by atoms with Crippen LogP contribution >= 0.6 is 23.2 Å². The summed E-state index contributed by atoms with van der Waals surface area (Å²) in [5.74, 6) is -2.85. The molecule has 5 rings (SSSR count). The van der Waals surface area contributed by atoms with Gasteiger partial charge >= 0.3 is 0 Å². The Kier molecular flexibility index (Phi) is 10.1. The molecule has 0 saturated carbocycles. The number of rotatable bonds is 6. The van der Waals surface area contributed by atoms with Crippen LogP contribution in [0.3, 0.4) is 0 Å². The number of nitriles is 1. The van der Waals surface area contributed by atoms with Gasteiger partial charge in [-0.3, -0.25) is 14.5 Å². The second-order valence-electron chi connectivity index (χ2n) is 13.3. The van der Waals surface area contributed by atoms with Gasteiger partial charge in [-0.05, 0) is 35.6 Å². The lowest BCUT2D eigenvalue weighted by molar-refractivity contribution is -0.138. The molecule has 1 N–H and O–H groups in total. The molecular weight excluding hydrogens is 623 g/mol. The van der Waals surface area contributed by atoms with E-state index in [0.29, 0.717) is 58.9 Å². The third-order valence-electron chi connectivity index (χ3n) is 9.12. The minimum Gasteiger partial charge on any atom is -0.378 e. The van der Waals surface area contributed by atoms with Gasteiger partial charge in [0.25, 0.3) is 0 Å². The number of piperazine rings is 1. The number of amides is 2. The number of nitrogens with zero attached hydrogens (tertiary/aromatic N) is 4. The number of hydrogen-bond donors (Lipinski definition) is 1. The van der Waals surface area contributed by atoms with Gasteiger partial charge in [-0.1, -0.05) is 62.2 Å². The molecule has 0 spiro atoms. The van der Waals surface area contributed by atoms with E-state index in [9.17, 15) is 14.9 Å². The average Bonchev–Trinajstić information content (AvgIpc) is 3.31. The van der Waals surface area contributed by atoms with Crippen molar-refractivity contribution in [2.45, 2.75) is 50.6 Å². The Labute approximate surface area is 273 Å². The topological polar surface area (TPSA) is 88.9 Å². The predicted molar refractivity (Wildman–Crippen MR) is 168 cm³/mol. The van der Waals surface area contributed by atoms with E-state index in [4.69, 9.17) is 27.9 Å². The Hall–Kier alpha value is -2.81. The number of morpholine rings is 1. The van der Waals surface area contributed by atoms with Crippen molar-refractivity contribution in [3.63, 3.8) is 0 Å². The number of carbonyl (C=O) groups excluding carboxylic acids is 2. The van der Waals surface area contributed by atoms with E-state index >= 15 is 8.78 Å². The first kappa shape index (κ1) is 33.6. The van der Waals surface area contributed by atoms with Crippen LogP contribution in [0.5, 0.6) is 0 Å². The lowest BCUT2D eigenvalue weighted by Crippen LogP contribution is -2.56. The average molecular weight is 663 g/mol. The van der Waals surface area contributed by atoms with E-state index < -0.39 is 35.1 Å². The molecule has 3 aliphatic heterocycles. The standard InChI is InChI=1S/C33H39Cl2F2N5O3/c1-32(2,3)18-26-33(20-38,23-8-7-21(34)17-25(23)36)28(22-5-4-6-24(35)29(22)37)30(39-26)31(44)42-11-9-40(10-12-42)19-27(43)41-13-15-45-16-14-41/h4-8,17,26,28,30,39H,9-16,18-19H2,1-3H3/t26-,28-,30+,33-/m0/s1. The number of ether oxygens (including phenoxy) is 1. The number of carbonyl (C=O) groups is 2. The molecule has 0 aliphatic carbocycles. The van der Waals surface area contributed by atoms with Gasteiger partial charge < -0.3 is 19.9 Å². The maximum Gasteiger partial charge on any atom is 0.240 e. The highest BCUT2D eigenvalue weighted by Crippen LogP contribution is 2.53. The number of nitrogens with one attached hydrogen (secondary N) is 1. The van der Waals surface area contributed by atoms with Crippen LogP contribution < -0.4 is 5.32 Å². The van der Waals surface area contributed by atoms with E-state index in [1.165, 1.54) is 24.3 Å². The quantitative estimate of drug-likeness (QED) is 0.487. The van der Waals surface area contributed by atoms with Crippen LogP contribution in [0.1, 0.15) is 44.2 Å². The molecule has 2 amide bonds. The van der Waals surface area contributed by atoms with Crippen LogP contribution in [0.25, 0.3) is 0 Å². The monoisotopic (exact) mass is 661 g/mol. The Bertz CT molecular complexity index is 1470. The van der Waals surface area contributed by atoms with Crippen molar-refractivity contribution >= 4 is 35.0 Å². The first-order valence-electron chi connectivity index (χ1n) is 15.3. The van der Waals surface area contributed by atoms with Crippen molar-refractivity contribution in [2.24, 2.45) is 5.41 Å². The van der Waals surface area contributed by atoms with Gasteiger partial charge in [0, 0.05) is 61.8 Å². The predicted octanol–water partition coefficient (Wildman–Crippen LogP) is 4.60. The van der Waals surface area contributed by atoms with E-state index in [1.54, 1.807) is 15.9 Å². The Balaban J connectivity index is 1.49. The normalized spacial score (nSPS) is 26.1. The smallest absolute Gasteiger partial charge is 0.240 e. The molecule has 242 valence electrons. The minimum absolute atomic E-state index is 0.0286. The molecule has 0 unspecified atom stereocenters. The molecule has 2 aromatic rings. The summed E-state index contributed by atoms with van der Waals surface area (Å²) < 4.78 is 37.1. The van der Waals surface area contributed by atoms with Crippen LogP contribution in [0.15, 0.2) is 36.4 Å². The van der Waals surface area contributed by atoms with E-state index in [1.807, 2.05) is 25.7 Å². The summed E-state index contributed by atoms with van der Waals surface area (Å²) in [6.07, 6.45) is 0.391. The summed E-state index contributed by atoms with van der Waals surface area (Å²) in [5.41, 5.74) is -1.91. The SMILES string of the molecule is CC(C)(C)C[C@@H]1N[C@@H](C(=O)N2CCN(CC(=O)N3CCOCC3)CC2)[C@H](c2cccc(Cl)c2F)[C@@]1(C#N)c1ccc(Cl)cc1F. The molecule has 3 heterocycles. The molecule has 0 bridgehead atoms. The zero-order valence-electron chi connectivity index (χ0n) is 25.8. The van der Waals surface area contributed by atoms with Crippen LogP contribution in [0.2, 0.25) is 10.0 Å². The second-order valence-corrected chi connectivity index (χ2v) is 14.1. The van der Waals surface area contributed by atoms with Crippen molar-refractivity contribution in [1.82, 2.24) is 20.0 Å². The van der Waals surface area contributed by atoms with Crippen LogP contribution in [0, 0.1) is 28.4 Å². The highest BCUT2D eigenvalue weighted by molar-refractivity contribution is 6.31. The number of benzene rings is 2. The van der Waals surface area contributed by atoms with Crippen molar-refractivity contribution < 1.29 is 23.1 Å². The van der Waals surface area contributed by atoms with Gasteiger partial charge in [0.1, 0.15) is 17.0 Å². The minimum atomic E-state index is -1.68. The molecule has 3 fully saturated rings. The first-order chi connectivity index (χ1) is 21.4. The highest BCUT2D eigenvalue weighted by atomic mass is 35.5. The molecule has 45 heavy (non-hydrogen) atoms. The summed E-state index contributed by atoms with van der Waals surface area (Å²) in [6, 6.07) is 9.21. The van der Waals surface area contributed by atoms with E-state index in [-0.39, 0.29) is 44.9 Å². The largest absolute Gasteiger partial charge is 0.378 e. The van der Waals surface area contributed by atoms with Gasteiger partial charge in [0.15, 0.2) is 0 Å². The molecule has 0 radical (unpaired) electrons. The fraction of sp³-hybridized carbons (Fsp3) is 0.545. The Morgan fingerprint density at radius 1 is 1.04 bits per heavy atom. The first-order valence-corrected chi connectivity index (χ1v) is 16.0. The van der Waals surface area contributed by atoms with Crippen molar-refractivity contribution in [1.29, 1.82) is 5.26 Å². The van der Waals surface area contributed by atoms with Crippen LogP contribution in [0.4, 0.5) is 8.78 Å². The van der Waals surface area contributed by atoms with Gasteiger partial charge in [0.2, 0.25) is 11.8 Å². The van der Waals surface area contributed by atoms with Gasteiger partial charge in [-0.15, -0.1) is 0 Å². The third kappa shape index (κ3) is 6.84. The molecule has 0 aromatic heterocycles. The molecular formula is C33H39Cl2F2N5O3. The van der Waals surface area contributed by atoms with E-state index in [2.05, 4.69) is 11.4 Å². The van der Waals surface area contributed by atoms with Gasteiger partial charge in [-0.25, -0.2) is 8.78 Å². The van der Waals surface area contributed by atoms with Crippen molar-refractivity contribution in [3.05, 3.63) is 69.2 Å². The van der Waals surface area contributed by atoms with Crippen LogP contribution in [-0.4, -0.2) is 97.6 Å². The highest BCUT2D eigenvalue weighted by Gasteiger charge is 2.61. The fourth-order valence-corrected chi connectivity index (χ4v) is 7.31.